The van der Waals surface area contributed by atoms with Crippen LogP contribution in [-0.2, 0) is 29.2 Å². The molecule has 1 aromatic carbocycles. The van der Waals surface area contributed by atoms with Gasteiger partial charge in [-0.1, -0.05) is 31.5 Å². The predicted octanol–water partition coefficient (Wildman–Crippen LogP) is 4.66. The molecule has 0 saturated carbocycles. The second-order valence-electron chi connectivity index (χ2n) is 10.8. The zero-order valence-corrected chi connectivity index (χ0v) is 23.0. The molecule has 5 rings (SSSR count). The third-order valence-electron chi connectivity index (χ3n) is 8.21. The van der Waals surface area contributed by atoms with E-state index in [2.05, 4.69) is 38.0 Å². The van der Waals surface area contributed by atoms with Gasteiger partial charge in [0.1, 0.15) is 0 Å². The van der Waals surface area contributed by atoms with Gasteiger partial charge in [-0.25, -0.2) is 4.98 Å². The van der Waals surface area contributed by atoms with E-state index in [-0.39, 0.29) is 17.9 Å². The van der Waals surface area contributed by atoms with E-state index in [4.69, 9.17) is 0 Å². The minimum Gasteiger partial charge on any atom is -0.337 e. The van der Waals surface area contributed by atoms with E-state index in [0.717, 1.165) is 56.4 Å². The Morgan fingerprint density at radius 2 is 1.77 bits per heavy atom. The first-order valence-electron chi connectivity index (χ1n) is 14.4. The summed E-state index contributed by atoms with van der Waals surface area (Å²) in [5, 5.41) is 0. The molecule has 2 amide bonds. The van der Waals surface area contributed by atoms with Crippen LogP contribution < -0.4 is 4.90 Å². The minimum atomic E-state index is 0.132. The first-order chi connectivity index (χ1) is 19.1. The predicted molar refractivity (Wildman–Crippen MR) is 152 cm³/mol. The van der Waals surface area contributed by atoms with Crippen molar-refractivity contribution in [2.24, 2.45) is 0 Å². The van der Waals surface area contributed by atoms with Gasteiger partial charge in [0.05, 0.1) is 6.33 Å². The Balaban J connectivity index is 1.45. The highest BCUT2D eigenvalue weighted by Gasteiger charge is 2.34. The summed E-state index contributed by atoms with van der Waals surface area (Å²) in [7, 11) is 0. The zero-order chi connectivity index (χ0) is 27.0. The molecule has 8 heteroatoms. The summed E-state index contributed by atoms with van der Waals surface area (Å²) in [6, 6.07) is 12.9. The van der Waals surface area contributed by atoms with Crippen LogP contribution >= 0.6 is 0 Å². The molecule has 0 aliphatic carbocycles. The number of piperidine rings is 1. The van der Waals surface area contributed by atoms with Crippen molar-refractivity contribution in [3.8, 4) is 0 Å². The number of nitrogens with zero attached hydrogens (tertiary/aromatic N) is 6. The lowest BCUT2D eigenvalue weighted by Gasteiger charge is -2.44. The highest BCUT2D eigenvalue weighted by Crippen LogP contribution is 2.32. The number of rotatable bonds is 7. The Labute approximate surface area is 231 Å². The van der Waals surface area contributed by atoms with E-state index in [1.165, 1.54) is 5.56 Å². The number of fused-ring (bicyclic) bond motifs is 3. The van der Waals surface area contributed by atoms with Gasteiger partial charge in [0.15, 0.2) is 0 Å². The average molecular weight is 529 g/mol. The maximum atomic E-state index is 13.8. The van der Waals surface area contributed by atoms with Crippen LogP contribution in [0.3, 0.4) is 0 Å². The van der Waals surface area contributed by atoms with Gasteiger partial charge in [-0.2, -0.15) is 0 Å². The fraction of sp³-hybridized carbons (Fsp3) is 0.484. The van der Waals surface area contributed by atoms with Crippen LogP contribution in [0.4, 0.5) is 5.69 Å². The molecular weight excluding hydrogens is 488 g/mol. The van der Waals surface area contributed by atoms with Gasteiger partial charge in [0.2, 0.25) is 11.8 Å². The van der Waals surface area contributed by atoms with Crippen molar-refractivity contribution in [2.75, 3.05) is 18.0 Å². The van der Waals surface area contributed by atoms with Gasteiger partial charge < -0.3 is 14.4 Å². The van der Waals surface area contributed by atoms with E-state index in [0.29, 0.717) is 38.5 Å². The number of hydrogen-bond acceptors (Lipinski definition) is 5. The Hall–Kier alpha value is -3.52. The lowest BCUT2D eigenvalue weighted by atomic mass is 9.92. The van der Waals surface area contributed by atoms with Gasteiger partial charge in [-0.3, -0.25) is 19.5 Å². The number of aromatic nitrogens is 3. The molecule has 1 fully saturated rings. The molecule has 39 heavy (non-hydrogen) atoms. The van der Waals surface area contributed by atoms with E-state index in [9.17, 15) is 9.59 Å². The number of para-hydroxylation sites is 1. The first-order valence-corrected chi connectivity index (χ1v) is 14.4. The van der Waals surface area contributed by atoms with Crippen LogP contribution in [0.15, 0.2) is 67.5 Å². The first kappa shape index (κ1) is 27.1. The molecule has 1 saturated heterocycles. The largest absolute Gasteiger partial charge is 0.337 e. The molecule has 0 spiro atoms. The number of benzene rings is 1. The lowest BCUT2D eigenvalue weighted by Crippen LogP contribution is -2.52. The number of amides is 2. The maximum Gasteiger partial charge on any atom is 0.226 e. The SMILES string of the molecule is CCC(=O)N1CCC2CCCC(CN(C(=O)CCCn3ccnc3)Cc3ccccc31)N2Cc1ccncc1. The van der Waals surface area contributed by atoms with E-state index in [1.807, 2.05) is 53.2 Å². The molecule has 8 nitrogen and oxygen atoms in total. The van der Waals surface area contributed by atoms with Crippen molar-refractivity contribution in [2.45, 2.75) is 83.6 Å². The van der Waals surface area contributed by atoms with E-state index < -0.39 is 0 Å². The molecule has 2 aliphatic rings. The molecule has 2 aromatic heterocycles. The number of carbonyl (C=O) groups excluding carboxylic acids is 2. The molecule has 4 heterocycles. The highest BCUT2D eigenvalue weighted by molar-refractivity contribution is 5.94. The van der Waals surface area contributed by atoms with Crippen LogP contribution in [0.5, 0.6) is 0 Å². The molecule has 2 aliphatic heterocycles. The zero-order valence-electron chi connectivity index (χ0n) is 23.0. The van der Waals surface area contributed by atoms with Crippen molar-refractivity contribution in [3.63, 3.8) is 0 Å². The number of carbonyl (C=O) groups is 2. The summed E-state index contributed by atoms with van der Waals surface area (Å²) in [5.74, 6) is 0.302. The van der Waals surface area contributed by atoms with Crippen molar-refractivity contribution in [1.82, 2.24) is 24.3 Å². The van der Waals surface area contributed by atoms with Crippen LogP contribution in [0.2, 0.25) is 0 Å². The number of pyridine rings is 1. The van der Waals surface area contributed by atoms with Gasteiger partial charge in [0, 0.05) is 88.1 Å². The number of anilines is 1. The summed E-state index contributed by atoms with van der Waals surface area (Å²) in [5.41, 5.74) is 3.22. The lowest BCUT2D eigenvalue weighted by molar-refractivity contribution is -0.133. The quantitative estimate of drug-likeness (QED) is 0.446. The molecule has 3 aromatic rings. The maximum absolute atomic E-state index is 13.8. The molecular formula is C31H40N6O2. The highest BCUT2D eigenvalue weighted by atomic mass is 16.2. The Bertz CT molecular complexity index is 1210. The summed E-state index contributed by atoms with van der Waals surface area (Å²) in [6.45, 7) is 5.43. The summed E-state index contributed by atoms with van der Waals surface area (Å²) in [4.78, 5) is 41.9. The fourth-order valence-electron chi connectivity index (χ4n) is 6.14. The number of aryl methyl sites for hydroxylation is 1. The van der Waals surface area contributed by atoms with E-state index in [1.54, 1.807) is 12.5 Å². The second-order valence-corrected chi connectivity index (χ2v) is 10.8. The van der Waals surface area contributed by atoms with Crippen molar-refractivity contribution < 1.29 is 9.59 Å². The molecule has 206 valence electrons. The smallest absolute Gasteiger partial charge is 0.226 e. The summed E-state index contributed by atoms with van der Waals surface area (Å²) >= 11 is 0. The van der Waals surface area contributed by atoms with Crippen molar-refractivity contribution >= 4 is 17.5 Å². The third-order valence-corrected chi connectivity index (χ3v) is 8.21. The van der Waals surface area contributed by atoms with Crippen molar-refractivity contribution in [1.29, 1.82) is 0 Å². The van der Waals surface area contributed by atoms with Crippen LogP contribution in [0.1, 0.15) is 63.0 Å². The van der Waals surface area contributed by atoms with Crippen LogP contribution in [-0.4, -0.2) is 61.3 Å². The monoisotopic (exact) mass is 528 g/mol. The van der Waals surface area contributed by atoms with Gasteiger partial charge >= 0.3 is 0 Å². The van der Waals surface area contributed by atoms with Crippen molar-refractivity contribution in [3.05, 3.63) is 78.6 Å². The van der Waals surface area contributed by atoms with Gasteiger partial charge in [-0.05, 0) is 55.0 Å². The molecule has 2 unspecified atom stereocenters. The summed E-state index contributed by atoms with van der Waals surface area (Å²) < 4.78 is 2.02. The average Bonchev–Trinajstić information content (AvgIpc) is 3.48. The normalized spacial score (nSPS) is 20.2. The molecule has 0 radical (unpaired) electrons. The Morgan fingerprint density at radius 1 is 0.949 bits per heavy atom. The fourth-order valence-corrected chi connectivity index (χ4v) is 6.14. The third kappa shape index (κ3) is 6.74. The number of hydrogen-bond donors (Lipinski definition) is 0. The van der Waals surface area contributed by atoms with Gasteiger partial charge in [0.25, 0.3) is 0 Å². The second kappa shape index (κ2) is 13.0. The minimum absolute atomic E-state index is 0.132. The standard InChI is InChI=1S/C31H40N6O2/c1-2-30(38)36-19-14-27-8-5-9-28(37(27)21-25-12-15-32-16-13-25)23-35(22-26-7-3-4-10-29(26)36)31(39)11-6-18-34-20-17-33-24-34/h3-4,7,10,12-13,15-17,20,24,27-28H,2,5-6,8-9,11,14,18-19,21-23H2,1H3. The molecule has 0 N–H and O–H groups in total. The molecule has 2 bridgehead atoms. The number of imidazole rings is 1. The Morgan fingerprint density at radius 3 is 2.56 bits per heavy atom. The summed E-state index contributed by atoms with van der Waals surface area (Å²) in [6.07, 6.45) is 15.2. The van der Waals surface area contributed by atoms with Crippen LogP contribution in [0, 0.1) is 0 Å². The van der Waals surface area contributed by atoms with Gasteiger partial charge in [-0.15, -0.1) is 0 Å². The molecule has 2 atom stereocenters. The van der Waals surface area contributed by atoms with Crippen LogP contribution in [0.25, 0.3) is 0 Å². The Kier molecular flexibility index (Phi) is 9.04. The van der Waals surface area contributed by atoms with E-state index >= 15 is 0 Å². The topological polar surface area (TPSA) is 74.6 Å².